The number of hydrogen-bond donors (Lipinski definition) is 4. The first-order valence-electron chi connectivity index (χ1n) is 16.9. The van der Waals surface area contributed by atoms with Gasteiger partial charge in [-0.15, -0.1) is 0 Å². The Morgan fingerprint density at radius 3 is 1.68 bits per heavy atom. The second kappa shape index (κ2) is 16.2. The first kappa shape index (κ1) is 34.3. The van der Waals surface area contributed by atoms with Gasteiger partial charge in [-0.3, -0.25) is 10.1 Å². The van der Waals surface area contributed by atoms with E-state index in [-0.39, 0.29) is 38.1 Å². The van der Waals surface area contributed by atoms with Crippen LogP contribution in [0.25, 0.3) is 11.1 Å². The third-order valence-electron chi connectivity index (χ3n) is 9.39. The van der Waals surface area contributed by atoms with Gasteiger partial charge in [0.1, 0.15) is 18.9 Å². The number of carboxylic acid groups (broad SMARTS) is 1. The van der Waals surface area contributed by atoms with Crippen molar-refractivity contribution in [1.82, 2.24) is 16.0 Å². The van der Waals surface area contributed by atoms with E-state index in [4.69, 9.17) is 4.74 Å². The maximum Gasteiger partial charge on any atom is 0.407 e. The third kappa shape index (κ3) is 7.52. The molecule has 0 aliphatic heterocycles. The molecule has 8 heteroatoms. The van der Waals surface area contributed by atoms with Crippen molar-refractivity contribution in [2.75, 3.05) is 19.7 Å². The summed E-state index contributed by atoms with van der Waals surface area (Å²) >= 11 is 0. The van der Waals surface area contributed by atoms with Crippen LogP contribution >= 0.6 is 0 Å². The van der Waals surface area contributed by atoms with Crippen LogP contribution in [0.15, 0.2) is 140 Å². The summed E-state index contributed by atoms with van der Waals surface area (Å²) in [7, 11) is 0. The van der Waals surface area contributed by atoms with Gasteiger partial charge in [0.05, 0.1) is 5.54 Å². The molecule has 1 aliphatic rings. The highest BCUT2D eigenvalue weighted by molar-refractivity contribution is 5.79. The molecule has 5 aromatic rings. The van der Waals surface area contributed by atoms with Gasteiger partial charge in [-0.25, -0.2) is 4.79 Å². The second-order valence-electron chi connectivity index (χ2n) is 12.4. The number of fused-ring (bicyclic) bond motifs is 3. The molecule has 0 radical (unpaired) electrons. The first-order chi connectivity index (χ1) is 24.5. The van der Waals surface area contributed by atoms with Crippen LogP contribution in [-0.4, -0.2) is 55.2 Å². The van der Waals surface area contributed by atoms with E-state index in [9.17, 15) is 19.5 Å². The Kier molecular flexibility index (Phi) is 11.1. The predicted molar refractivity (Wildman–Crippen MR) is 194 cm³/mol. The highest BCUT2D eigenvalue weighted by atomic mass is 16.5. The maximum atomic E-state index is 13.1. The van der Waals surface area contributed by atoms with Crippen molar-refractivity contribution in [2.45, 2.75) is 36.4 Å². The molecule has 0 saturated heterocycles. The number of rotatable bonds is 16. The van der Waals surface area contributed by atoms with Crippen molar-refractivity contribution < 1.29 is 24.2 Å². The fourth-order valence-corrected chi connectivity index (χ4v) is 7.00. The molecular formula is C42H41N3O5. The molecular weight excluding hydrogens is 626 g/mol. The number of carbonyl (C=O) groups is 3. The van der Waals surface area contributed by atoms with Gasteiger partial charge in [0.15, 0.2) is 0 Å². The SMILES string of the molecule is O=CCC(NCC(CCNC(=O)OCC1c2ccccc2-c2ccccc21)NC(c1ccccc1)(c1ccccc1)c1ccccc1)C(=O)O. The zero-order valence-electron chi connectivity index (χ0n) is 27.7. The average molecular weight is 668 g/mol. The van der Waals surface area contributed by atoms with Gasteiger partial charge in [-0.2, -0.15) is 0 Å². The predicted octanol–water partition coefficient (Wildman–Crippen LogP) is 6.50. The van der Waals surface area contributed by atoms with Crippen LogP contribution in [0.5, 0.6) is 0 Å². The van der Waals surface area contributed by atoms with Crippen molar-refractivity contribution >= 4 is 18.3 Å². The van der Waals surface area contributed by atoms with E-state index in [0.29, 0.717) is 12.7 Å². The summed E-state index contributed by atoms with van der Waals surface area (Å²) in [6.45, 7) is 0.676. The standard InChI is InChI=1S/C42H41N3O5/c46-27-25-39(40(47)48)44-28-33(24-26-43-41(49)50-29-38-36-22-12-10-20-34(36)35-21-11-13-23-37(35)38)45-42(30-14-4-1-5-15-30,31-16-6-2-7-17-31)32-18-8-3-9-19-32/h1-23,27,33,38-39,44-45H,24-26,28-29H2,(H,43,49)(H,47,48). The van der Waals surface area contributed by atoms with Gasteiger partial charge in [0, 0.05) is 31.5 Å². The maximum absolute atomic E-state index is 13.1. The van der Waals surface area contributed by atoms with Gasteiger partial charge in [0.2, 0.25) is 0 Å². The van der Waals surface area contributed by atoms with Crippen molar-refractivity contribution in [3.05, 3.63) is 167 Å². The number of alkyl carbamates (subject to hydrolysis) is 1. The molecule has 50 heavy (non-hydrogen) atoms. The van der Waals surface area contributed by atoms with Gasteiger partial charge >= 0.3 is 12.1 Å². The molecule has 1 amide bonds. The van der Waals surface area contributed by atoms with Crippen LogP contribution in [0, 0.1) is 0 Å². The van der Waals surface area contributed by atoms with Gasteiger partial charge in [0.25, 0.3) is 0 Å². The second-order valence-corrected chi connectivity index (χ2v) is 12.4. The highest BCUT2D eigenvalue weighted by Crippen LogP contribution is 2.44. The lowest BCUT2D eigenvalue weighted by Gasteiger charge is -2.40. The molecule has 0 spiro atoms. The lowest BCUT2D eigenvalue weighted by molar-refractivity contribution is -0.140. The Labute approximate surface area is 292 Å². The van der Waals surface area contributed by atoms with E-state index in [1.54, 1.807) is 0 Å². The Balaban J connectivity index is 1.22. The minimum atomic E-state index is -1.10. The van der Waals surface area contributed by atoms with E-state index < -0.39 is 23.6 Å². The summed E-state index contributed by atoms with van der Waals surface area (Å²) < 4.78 is 5.79. The summed E-state index contributed by atoms with van der Waals surface area (Å²) in [6, 6.07) is 45.3. The number of aldehydes is 1. The number of carboxylic acids is 1. The fraction of sp³-hybridized carbons (Fsp3) is 0.214. The van der Waals surface area contributed by atoms with Crippen molar-refractivity contribution in [3.8, 4) is 11.1 Å². The number of aliphatic carboxylic acids is 1. The quantitative estimate of drug-likeness (QED) is 0.0702. The number of carbonyl (C=O) groups excluding carboxylic acids is 2. The van der Waals surface area contributed by atoms with E-state index in [1.807, 2.05) is 78.9 Å². The number of nitrogens with one attached hydrogen (secondary N) is 3. The van der Waals surface area contributed by atoms with Crippen molar-refractivity contribution in [2.24, 2.45) is 0 Å². The summed E-state index contributed by atoms with van der Waals surface area (Å²) in [4.78, 5) is 36.4. The molecule has 0 heterocycles. The summed E-state index contributed by atoms with van der Waals surface area (Å²) in [5.41, 5.74) is 6.75. The Bertz CT molecular complexity index is 1740. The summed E-state index contributed by atoms with van der Waals surface area (Å²) in [6.07, 6.45) is 0.346. The first-order valence-corrected chi connectivity index (χ1v) is 16.9. The normalized spacial score (nSPS) is 13.4. The molecule has 2 unspecified atom stereocenters. The minimum Gasteiger partial charge on any atom is -0.480 e. The van der Waals surface area contributed by atoms with E-state index in [2.05, 4.69) is 76.6 Å². The van der Waals surface area contributed by atoms with Crippen LogP contribution in [-0.2, 0) is 19.9 Å². The monoisotopic (exact) mass is 667 g/mol. The van der Waals surface area contributed by atoms with E-state index in [1.165, 1.54) is 0 Å². The molecule has 0 bridgehead atoms. The zero-order chi connectivity index (χ0) is 34.8. The van der Waals surface area contributed by atoms with Crippen molar-refractivity contribution in [1.29, 1.82) is 0 Å². The van der Waals surface area contributed by atoms with Crippen molar-refractivity contribution in [3.63, 3.8) is 0 Å². The molecule has 0 aromatic heterocycles. The van der Waals surface area contributed by atoms with Gasteiger partial charge in [-0.05, 0) is 45.4 Å². The van der Waals surface area contributed by atoms with Crippen LogP contribution in [0.1, 0.15) is 46.6 Å². The van der Waals surface area contributed by atoms with E-state index >= 15 is 0 Å². The molecule has 0 saturated carbocycles. The Hall–Kier alpha value is -5.57. The topological polar surface area (TPSA) is 117 Å². The summed E-state index contributed by atoms with van der Waals surface area (Å²) in [5, 5.41) is 19.7. The summed E-state index contributed by atoms with van der Waals surface area (Å²) in [5.74, 6) is -1.16. The smallest absolute Gasteiger partial charge is 0.407 e. The van der Waals surface area contributed by atoms with Crippen LogP contribution < -0.4 is 16.0 Å². The Morgan fingerprint density at radius 2 is 1.20 bits per heavy atom. The molecule has 6 rings (SSSR count). The van der Waals surface area contributed by atoms with Gasteiger partial charge < -0.3 is 25.3 Å². The molecule has 5 aromatic carbocycles. The molecule has 8 nitrogen and oxygen atoms in total. The Morgan fingerprint density at radius 1 is 0.720 bits per heavy atom. The largest absolute Gasteiger partial charge is 0.480 e. The zero-order valence-corrected chi connectivity index (χ0v) is 27.7. The number of amides is 1. The number of ether oxygens (including phenoxy) is 1. The molecule has 4 N–H and O–H groups in total. The number of benzene rings is 5. The average Bonchev–Trinajstić information content (AvgIpc) is 3.48. The number of hydrogen-bond acceptors (Lipinski definition) is 6. The lowest BCUT2D eigenvalue weighted by atomic mass is 9.76. The molecule has 254 valence electrons. The third-order valence-corrected chi connectivity index (χ3v) is 9.39. The van der Waals surface area contributed by atoms with Crippen LogP contribution in [0.4, 0.5) is 4.79 Å². The minimum absolute atomic E-state index is 0.0548. The van der Waals surface area contributed by atoms with Crippen LogP contribution in [0.2, 0.25) is 0 Å². The lowest BCUT2D eigenvalue weighted by Crippen LogP contribution is -2.55. The molecule has 2 atom stereocenters. The fourth-order valence-electron chi connectivity index (χ4n) is 7.00. The van der Waals surface area contributed by atoms with E-state index in [0.717, 1.165) is 38.9 Å². The molecule has 1 aliphatic carbocycles. The van der Waals surface area contributed by atoms with Gasteiger partial charge in [-0.1, -0.05) is 140 Å². The molecule has 0 fully saturated rings. The highest BCUT2D eigenvalue weighted by Gasteiger charge is 2.38. The van der Waals surface area contributed by atoms with Crippen LogP contribution in [0.3, 0.4) is 0 Å².